The van der Waals surface area contributed by atoms with Crippen molar-refractivity contribution in [2.75, 3.05) is 0 Å². The van der Waals surface area contributed by atoms with Gasteiger partial charge in [-0.05, 0) is 37.1 Å². The average molecular weight is 345 g/mol. The van der Waals surface area contributed by atoms with Crippen molar-refractivity contribution in [1.82, 2.24) is 10.9 Å². The summed E-state index contributed by atoms with van der Waals surface area (Å²) in [6, 6.07) is 8.62. The van der Waals surface area contributed by atoms with Crippen LogP contribution < -0.4 is 10.9 Å². The molecule has 0 radical (unpaired) electrons. The van der Waals surface area contributed by atoms with E-state index in [9.17, 15) is 24.1 Å². The maximum Gasteiger partial charge on any atom is 0.276 e. The van der Waals surface area contributed by atoms with Crippen molar-refractivity contribution in [1.29, 1.82) is 0 Å². The van der Waals surface area contributed by atoms with Gasteiger partial charge in [0.25, 0.3) is 17.5 Å². The summed E-state index contributed by atoms with van der Waals surface area (Å²) >= 11 is 0. The Hall–Kier alpha value is -3.29. The zero-order valence-electron chi connectivity index (χ0n) is 13.6. The van der Waals surface area contributed by atoms with Crippen LogP contribution in [0, 0.1) is 22.9 Å². The van der Waals surface area contributed by atoms with Gasteiger partial charge < -0.3 is 0 Å². The highest BCUT2D eigenvalue weighted by molar-refractivity contribution is 5.99. The van der Waals surface area contributed by atoms with Gasteiger partial charge in [-0.1, -0.05) is 19.1 Å². The van der Waals surface area contributed by atoms with Crippen molar-refractivity contribution < 1.29 is 18.9 Å². The maximum absolute atomic E-state index is 13.7. The molecule has 2 N–H and O–H groups in total. The molecule has 130 valence electrons. The van der Waals surface area contributed by atoms with Crippen LogP contribution in [0.25, 0.3) is 0 Å². The summed E-state index contributed by atoms with van der Waals surface area (Å²) in [4.78, 5) is 34.1. The monoisotopic (exact) mass is 345 g/mol. The summed E-state index contributed by atoms with van der Waals surface area (Å²) in [6.07, 6.45) is 0.830. The number of carbonyl (C=O) groups excluding carboxylic acids is 2. The molecule has 0 heterocycles. The van der Waals surface area contributed by atoms with Crippen LogP contribution in [0.2, 0.25) is 0 Å². The van der Waals surface area contributed by atoms with Gasteiger partial charge in [0.15, 0.2) is 0 Å². The summed E-state index contributed by atoms with van der Waals surface area (Å²) < 4.78 is 13.7. The number of hydrazine groups is 1. The molecule has 0 bridgehead atoms. The SMILES string of the molecule is CCc1ccc(C(=O)NNC(=O)c2cc(F)c(C)c([N+](=O)[O-])c2)cc1. The van der Waals surface area contributed by atoms with Crippen LogP contribution in [0.5, 0.6) is 0 Å². The van der Waals surface area contributed by atoms with E-state index in [1.54, 1.807) is 24.3 Å². The van der Waals surface area contributed by atoms with Gasteiger partial charge in [-0.25, -0.2) is 4.39 Å². The zero-order chi connectivity index (χ0) is 18.6. The fourth-order valence-electron chi connectivity index (χ4n) is 2.13. The molecule has 0 saturated carbocycles. The molecule has 2 amide bonds. The van der Waals surface area contributed by atoms with Gasteiger partial charge in [0.05, 0.1) is 16.1 Å². The first-order valence-electron chi connectivity index (χ1n) is 7.47. The van der Waals surface area contributed by atoms with E-state index in [0.29, 0.717) is 5.56 Å². The number of benzene rings is 2. The molecular formula is C17H16FN3O4. The van der Waals surface area contributed by atoms with Crippen molar-refractivity contribution in [3.63, 3.8) is 0 Å². The molecule has 8 heteroatoms. The fourth-order valence-corrected chi connectivity index (χ4v) is 2.13. The lowest BCUT2D eigenvalue weighted by atomic mass is 10.1. The average Bonchev–Trinajstić information content (AvgIpc) is 2.61. The van der Waals surface area contributed by atoms with Crippen molar-refractivity contribution in [2.45, 2.75) is 20.3 Å². The Bertz CT molecular complexity index is 835. The highest BCUT2D eigenvalue weighted by Crippen LogP contribution is 2.22. The summed E-state index contributed by atoms with van der Waals surface area (Å²) in [6.45, 7) is 3.23. The molecule has 0 atom stereocenters. The Morgan fingerprint density at radius 2 is 1.64 bits per heavy atom. The van der Waals surface area contributed by atoms with Crippen LogP contribution in [0.1, 0.15) is 38.8 Å². The van der Waals surface area contributed by atoms with Crippen molar-refractivity contribution in [2.24, 2.45) is 0 Å². The van der Waals surface area contributed by atoms with Crippen LogP contribution in [0.3, 0.4) is 0 Å². The second-order valence-electron chi connectivity index (χ2n) is 5.32. The van der Waals surface area contributed by atoms with E-state index in [0.717, 1.165) is 24.1 Å². The summed E-state index contributed by atoms with van der Waals surface area (Å²) in [5.41, 5.74) is 4.75. The number of hydrogen-bond donors (Lipinski definition) is 2. The van der Waals surface area contributed by atoms with E-state index < -0.39 is 28.2 Å². The lowest BCUT2D eigenvalue weighted by Gasteiger charge is -2.09. The summed E-state index contributed by atoms with van der Waals surface area (Å²) in [7, 11) is 0. The van der Waals surface area contributed by atoms with Gasteiger partial charge in [-0.15, -0.1) is 0 Å². The molecule has 2 aromatic rings. The predicted octanol–water partition coefficient (Wildman–Crippen LogP) is 2.68. The summed E-state index contributed by atoms with van der Waals surface area (Å²) in [5.74, 6) is -2.29. The highest BCUT2D eigenvalue weighted by Gasteiger charge is 2.19. The Morgan fingerprint density at radius 1 is 1.08 bits per heavy atom. The van der Waals surface area contributed by atoms with Crippen LogP contribution in [0.4, 0.5) is 10.1 Å². The Morgan fingerprint density at radius 3 is 2.16 bits per heavy atom. The maximum atomic E-state index is 13.7. The Balaban J connectivity index is 2.09. The molecule has 0 aliphatic carbocycles. The van der Waals surface area contributed by atoms with Crippen LogP contribution in [-0.2, 0) is 6.42 Å². The number of hydrogen-bond acceptors (Lipinski definition) is 4. The van der Waals surface area contributed by atoms with Crippen molar-refractivity contribution in [3.05, 3.63) is 74.6 Å². The van der Waals surface area contributed by atoms with Gasteiger partial charge in [0, 0.05) is 11.6 Å². The molecule has 25 heavy (non-hydrogen) atoms. The number of nitro groups is 1. The minimum atomic E-state index is -0.874. The lowest BCUT2D eigenvalue weighted by molar-refractivity contribution is -0.385. The van der Waals surface area contributed by atoms with E-state index >= 15 is 0 Å². The molecule has 0 saturated heterocycles. The van der Waals surface area contributed by atoms with Gasteiger partial charge in [0.2, 0.25) is 0 Å². The van der Waals surface area contributed by atoms with E-state index in [1.165, 1.54) is 6.92 Å². The highest BCUT2D eigenvalue weighted by atomic mass is 19.1. The van der Waals surface area contributed by atoms with E-state index in [2.05, 4.69) is 10.9 Å². The minimum absolute atomic E-state index is 0.165. The largest absolute Gasteiger partial charge is 0.276 e. The molecular weight excluding hydrogens is 329 g/mol. The Kier molecular flexibility index (Phi) is 5.43. The van der Waals surface area contributed by atoms with Gasteiger partial charge in [-0.2, -0.15) is 0 Å². The molecule has 2 aromatic carbocycles. The molecule has 0 aromatic heterocycles. The van der Waals surface area contributed by atoms with Crippen molar-refractivity contribution >= 4 is 17.5 Å². The number of carbonyl (C=O) groups is 2. The van der Waals surface area contributed by atoms with Crippen molar-refractivity contribution in [3.8, 4) is 0 Å². The fraction of sp³-hybridized carbons (Fsp3) is 0.176. The number of nitrogens with zero attached hydrogens (tertiary/aromatic N) is 1. The smallest absolute Gasteiger partial charge is 0.267 e. The number of halogens is 1. The second-order valence-corrected chi connectivity index (χ2v) is 5.32. The first-order chi connectivity index (χ1) is 11.8. The second kappa shape index (κ2) is 7.52. The number of nitrogens with one attached hydrogen (secondary N) is 2. The zero-order valence-corrected chi connectivity index (χ0v) is 13.6. The van der Waals surface area contributed by atoms with Gasteiger partial charge in [0.1, 0.15) is 5.82 Å². The molecule has 0 aliphatic heterocycles. The predicted molar refractivity (Wildman–Crippen MR) is 88.5 cm³/mol. The summed E-state index contributed by atoms with van der Waals surface area (Å²) in [5, 5.41) is 10.9. The van der Waals surface area contributed by atoms with E-state index in [1.807, 2.05) is 6.92 Å². The standard InChI is InChI=1S/C17H16FN3O4/c1-3-11-4-6-12(7-5-11)16(22)19-20-17(23)13-8-14(18)10(2)15(9-13)21(24)25/h4-9H,3H2,1-2H3,(H,19,22)(H,20,23). The quantitative estimate of drug-likeness (QED) is 0.657. The van der Waals surface area contributed by atoms with Crippen LogP contribution >= 0.6 is 0 Å². The lowest BCUT2D eigenvalue weighted by Crippen LogP contribution is -2.41. The third kappa shape index (κ3) is 4.17. The van der Waals surface area contributed by atoms with Crippen LogP contribution in [-0.4, -0.2) is 16.7 Å². The topological polar surface area (TPSA) is 101 Å². The molecule has 2 rings (SSSR count). The Labute approximate surface area is 143 Å². The van der Waals surface area contributed by atoms with Crippen LogP contribution in [0.15, 0.2) is 36.4 Å². The van der Waals surface area contributed by atoms with Gasteiger partial charge in [-0.3, -0.25) is 30.6 Å². The molecule has 0 aliphatic rings. The van der Waals surface area contributed by atoms with E-state index in [-0.39, 0.29) is 11.1 Å². The molecule has 0 spiro atoms. The first kappa shape index (κ1) is 18.1. The molecule has 0 unspecified atom stereocenters. The third-order valence-electron chi connectivity index (χ3n) is 3.69. The van der Waals surface area contributed by atoms with Gasteiger partial charge >= 0.3 is 0 Å². The normalized spacial score (nSPS) is 10.2. The number of amides is 2. The minimum Gasteiger partial charge on any atom is -0.267 e. The van der Waals surface area contributed by atoms with E-state index in [4.69, 9.17) is 0 Å². The molecule has 0 fully saturated rings. The first-order valence-corrected chi connectivity index (χ1v) is 7.47. The number of rotatable bonds is 4. The number of aryl methyl sites for hydroxylation is 1. The third-order valence-corrected chi connectivity index (χ3v) is 3.69. The number of nitro benzene ring substituents is 1. The molecule has 7 nitrogen and oxygen atoms in total.